The summed E-state index contributed by atoms with van der Waals surface area (Å²) in [7, 11) is -0.876. The molecule has 1 fully saturated rings. The van der Waals surface area contributed by atoms with Gasteiger partial charge in [-0.05, 0) is 35.9 Å². The second kappa shape index (κ2) is 8.16. The fourth-order valence-electron chi connectivity index (χ4n) is 3.76. The van der Waals surface area contributed by atoms with E-state index in [9.17, 15) is 13.2 Å². The van der Waals surface area contributed by atoms with Gasteiger partial charge in [-0.25, -0.2) is 8.42 Å². The highest BCUT2D eigenvalue weighted by Crippen LogP contribution is 2.31. The number of piperazine rings is 1. The number of carbonyl (C=O) groups excluding carboxylic acids is 1. The van der Waals surface area contributed by atoms with E-state index in [-0.39, 0.29) is 29.6 Å². The second-order valence-corrected chi connectivity index (χ2v) is 9.04. The third-order valence-electron chi connectivity index (χ3n) is 5.45. The van der Waals surface area contributed by atoms with Crippen LogP contribution in [0.15, 0.2) is 41.3 Å². The molecule has 2 aromatic carbocycles. The molecule has 4 rings (SSSR count). The van der Waals surface area contributed by atoms with Gasteiger partial charge in [0.15, 0.2) is 0 Å². The molecule has 0 atom stereocenters. The van der Waals surface area contributed by atoms with E-state index in [1.807, 2.05) is 12.1 Å². The number of sulfonamides is 1. The zero-order valence-electron chi connectivity index (χ0n) is 17.0. The number of benzene rings is 2. The van der Waals surface area contributed by atoms with Crippen molar-refractivity contribution in [2.75, 3.05) is 47.0 Å². The molecule has 0 spiro atoms. The average molecular weight is 432 g/mol. The van der Waals surface area contributed by atoms with Gasteiger partial charge in [0.05, 0.1) is 20.8 Å². The summed E-state index contributed by atoms with van der Waals surface area (Å²) in [4.78, 5) is 14.6. The van der Waals surface area contributed by atoms with Crippen LogP contribution in [0.5, 0.6) is 17.2 Å². The van der Waals surface area contributed by atoms with E-state index in [0.717, 1.165) is 17.7 Å². The summed E-state index contributed by atoms with van der Waals surface area (Å²) < 4.78 is 43.6. The number of methoxy groups -OCH3 is 2. The molecule has 0 aliphatic carbocycles. The maximum atomic E-state index is 13.2. The first-order valence-electron chi connectivity index (χ1n) is 9.71. The van der Waals surface area contributed by atoms with E-state index in [4.69, 9.17) is 14.2 Å². The first-order valence-corrected chi connectivity index (χ1v) is 11.1. The molecule has 2 aliphatic heterocycles. The average Bonchev–Trinajstić information content (AvgIpc) is 3.26. The molecule has 30 heavy (non-hydrogen) atoms. The number of fused-ring (bicyclic) bond motifs is 1. The van der Waals surface area contributed by atoms with Crippen molar-refractivity contribution in [1.82, 2.24) is 9.21 Å². The van der Waals surface area contributed by atoms with E-state index < -0.39 is 10.0 Å². The van der Waals surface area contributed by atoms with Crippen molar-refractivity contribution >= 4 is 15.9 Å². The van der Waals surface area contributed by atoms with Crippen LogP contribution in [0.4, 0.5) is 0 Å². The number of amides is 1. The van der Waals surface area contributed by atoms with Gasteiger partial charge in [-0.15, -0.1) is 0 Å². The van der Waals surface area contributed by atoms with Gasteiger partial charge < -0.3 is 19.1 Å². The second-order valence-electron chi connectivity index (χ2n) is 7.13. The van der Waals surface area contributed by atoms with Crippen molar-refractivity contribution in [3.05, 3.63) is 47.5 Å². The highest BCUT2D eigenvalue weighted by Gasteiger charge is 2.33. The lowest BCUT2D eigenvalue weighted by Crippen LogP contribution is -2.50. The number of rotatable bonds is 5. The monoisotopic (exact) mass is 432 g/mol. The van der Waals surface area contributed by atoms with Crippen LogP contribution in [0.3, 0.4) is 0 Å². The number of carbonyl (C=O) groups is 1. The number of hydrogen-bond donors (Lipinski definition) is 0. The summed E-state index contributed by atoms with van der Waals surface area (Å²) in [6.45, 7) is 1.69. The van der Waals surface area contributed by atoms with Crippen LogP contribution in [0.25, 0.3) is 0 Å². The molecule has 2 aliphatic rings. The summed E-state index contributed by atoms with van der Waals surface area (Å²) >= 11 is 0. The van der Waals surface area contributed by atoms with Crippen molar-refractivity contribution in [3.63, 3.8) is 0 Å². The number of hydrogen-bond acceptors (Lipinski definition) is 6. The lowest BCUT2D eigenvalue weighted by Gasteiger charge is -2.34. The minimum atomic E-state index is -3.79. The predicted octanol–water partition coefficient (Wildman–Crippen LogP) is 1.79. The van der Waals surface area contributed by atoms with E-state index in [0.29, 0.717) is 31.0 Å². The first kappa shape index (κ1) is 20.5. The number of nitrogens with zero attached hydrogens (tertiary/aromatic N) is 2. The van der Waals surface area contributed by atoms with Gasteiger partial charge in [0, 0.05) is 44.2 Å². The molecule has 2 aromatic rings. The highest BCUT2D eigenvalue weighted by molar-refractivity contribution is 7.89. The van der Waals surface area contributed by atoms with E-state index in [1.165, 1.54) is 24.6 Å². The maximum absolute atomic E-state index is 13.2. The lowest BCUT2D eigenvalue weighted by atomic mass is 10.1. The normalized spacial score (nSPS) is 16.7. The molecular formula is C21H24N2O6S. The van der Waals surface area contributed by atoms with Crippen LogP contribution >= 0.6 is 0 Å². The summed E-state index contributed by atoms with van der Waals surface area (Å²) in [5.74, 6) is 1.42. The van der Waals surface area contributed by atoms with E-state index in [1.54, 1.807) is 23.1 Å². The summed E-state index contributed by atoms with van der Waals surface area (Å²) in [5.41, 5.74) is 1.64. The van der Waals surface area contributed by atoms with Gasteiger partial charge >= 0.3 is 0 Å². The molecule has 9 heteroatoms. The van der Waals surface area contributed by atoms with Crippen molar-refractivity contribution in [1.29, 1.82) is 0 Å². The van der Waals surface area contributed by atoms with Crippen molar-refractivity contribution in [3.8, 4) is 17.2 Å². The summed E-state index contributed by atoms with van der Waals surface area (Å²) in [5, 5.41) is 0. The molecule has 0 saturated carbocycles. The molecule has 1 amide bonds. The first-order chi connectivity index (χ1) is 14.4. The molecule has 2 heterocycles. The standard InChI is InChI=1S/C21H24N2O6S/c1-27-17-4-6-19(28-2)20(14-17)30(25,26)23-10-8-22(9-11-23)21(24)16-3-5-18-15(13-16)7-12-29-18/h3-6,13-14H,7-12H2,1-2H3. The van der Waals surface area contributed by atoms with Crippen LogP contribution in [-0.2, 0) is 16.4 Å². The Morgan fingerprint density at radius 3 is 2.47 bits per heavy atom. The topological polar surface area (TPSA) is 85.4 Å². The van der Waals surface area contributed by atoms with Crippen LogP contribution in [-0.4, -0.2) is 70.5 Å². The molecule has 0 bridgehead atoms. The van der Waals surface area contributed by atoms with Gasteiger partial charge in [0.25, 0.3) is 5.91 Å². The highest BCUT2D eigenvalue weighted by atomic mass is 32.2. The van der Waals surface area contributed by atoms with Gasteiger partial charge in [-0.1, -0.05) is 0 Å². The van der Waals surface area contributed by atoms with Crippen LogP contribution in [0, 0.1) is 0 Å². The third kappa shape index (κ3) is 3.70. The Morgan fingerprint density at radius 1 is 1.00 bits per heavy atom. The minimum Gasteiger partial charge on any atom is -0.497 e. The van der Waals surface area contributed by atoms with Crippen LogP contribution < -0.4 is 14.2 Å². The van der Waals surface area contributed by atoms with E-state index >= 15 is 0 Å². The Labute approximate surface area is 176 Å². The molecule has 8 nitrogen and oxygen atoms in total. The quantitative estimate of drug-likeness (QED) is 0.716. The molecule has 160 valence electrons. The van der Waals surface area contributed by atoms with Crippen LogP contribution in [0.1, 0.15) is 15.9 Å². The Morgan fingerprint density at radius 2 is 1.77 bits per heavy atom. The van der Waals surface area contributed by atoms with Crippen molar-refractivity contribution < 1.29 is 27.4 Å². The summed E-state index contributed by atoms with van der Waals surface area (Å²) in [6, 6.07) is 10.1. The molecule has 1 saturated heterocycles. The number of ether oxygens (including phenoxy) is 3. The van der Waals surface area contributed by atoms with E-state index in [2.05, 4.69) is 0 Å². The Hall–Kier alpha value is -2.78. The zero-order valence-corrected chi connectivity index (χ0v) is 17.8. The van der Waals surface area contributed by atoms with Crippen LogP contribution in [0.2, 0.25) is 0 Å². The molecule has 0 radical (unpaired) electrons. The van der Waals surface area contributed by atoms with Gasteiger partial charge in [-0.3, -0.25) is 4.79 Å². The Kier molecular flexibility index (Phi) is 5.57. The Balaban J connectivity index is 1.48. The zero-order chi connectivity index (χ0) is 21.3. The van der Waals surface area contributed by atoms with Gasteiger partial charge in [-0.2, -0.15) is 4.31 Å². The molecule has 0 unspecified atom stereocenters. The fraction of sp³-hybridized carbons (Fsp3) is 0.381. The Bertz CT molecular complexity index is 1060. The molecule has 0 aromatic heterocycles. The smallest absolute Gasteiger partial charge is 0.253 e. The maximum Gasteiger partial charge on any atom is 0.253 e. The SMILES string of the molecule is COc1ccc(OC)c(S(=O)(=O)N2CCN(C(=O)c3ccc4c(c3)CCO4)CC2)c1. The minimum absolute atomic E-state index is 0.0581. The van der Waals surface area contributed by atoms with Gasteiger partial charge in [0.1, 0.15) is 22.1 Å². The van der Waals surface area contributed by atoms with Crippen molar-refractivity contribution in [2.45, 2.75) is 11.3 Å². The van der Waals surface area contributed by atoms with Crippen molar-refractivity contribution in [2.24, 2.45) is 0 Å². The molecular weight excluding hydrogens is 408 g/mol. The van der Waals surface area contributed by atoms with Gasteiger partial charge in [0.2, 0.25) is 10.0 Å². The summed E-state index contributed by atoms with van der Waals surface area (Å²) in [6.07, 6.45) is 0.796. The fourth-order valence-corrected chi connectivity index (χ4v) is 5.35. The molecule has 0 N–H and O–H groups in total. The lowest BCUT2D eigenvalue weighted by molar-refractivity contribution is 0.0697. The third-order valence-corrected chi connectivity index (χ3v) is 7.37. The largest absolute Gasteiger partial charge is 0.497 e. The predicted molar refractivity (Wildman–Crippen MR) is 110 cm³/mol.